The van der Waals surface area contributed by atoms with Gasteiger partial charge in [0.25, 0.3) is 0 Å². The smallest absolute Gasteiger partial charge is 0.187 e. The van der Waals surface area contributed by atoms with Gasteiger partial charge in [-0.3, -0.25) is 0 Å². The molecule has 3 saturated heterocycles. The number of aliphatic hydroxyl groups excluding tert-OH is 5. The van der Waals surface area contributed by atoms with Gasteiger partial charge in [0.05, 0.1) is 19.8 Å². The third-order valence-electron chi connectivity index (χ3n) is 6.00. The number of benzene rings is 1. The number of rotatable bonds is 7. The first-order valence-electron chi connectivity index (χ1n) is 11.0. The van der Waals surface area contributed by atoms with Crippen molar-refractivity contribution >= 4 is 0 Å². The van der Waals surface area contributed by atoms with Gasteiger partial charge in [0.2, 0.25) is 0 Å². The molecular weight excluding hydrogens is 440 g/mol. The lowest BCUT2D eigenvalue weighted by molar-refractivity contribution is -0.354. The molecule has 33 heavy (non-hydrogen) atoms. The summed E-state index contributed by atoms with van der Waals surface area (Å²) in [4.78, 5) is 0. The van der Waals surface area contributed by atoms with Crippen molar-refractivity contribution in [1.29, 1.82) is 0 Å². The average Bonchev–Trinajstić information content (AvgIpc) is 3.14. The van der Waals surface area contributed by atoms with Gasteiger partial charge < -0.3 is 54.0 Å². The molecule has 4 unspecified atom stereocenters. The van der Waals surface area contributed by atoms with Gasteiger partial charge in [-0.05, 0) is 19.4 Å². The van der Waals surface area contributed by atoms with E-state index >= 15 is 0 Å². The second-order valence-electron chi connectivity index (χ2n) is 8.88. The van der Waals surface area contributed by atoms with Gasteiger partial charge in [-0.1, -0.05) is 30.3 Å². The van der Waals surface area contributed by atoms with Gasteiger partial charge in [-0.2, -0.15) is 0 Å². The van der Waals surface area contributed by atoms with E-state index in [2.05, 4.69) is 0 Å². The molecule has 0 aliphatic carbocycles. The summed E-state index contributed by atoms with van der Waals surface area (Å²) in [5.74, 6) is -0.997. The molecule has 0 aromatic heterocycles. The Kier molecular flexibility index (Phi) is 7.68. The summed E-state index contributed by atoms with van der Waals surface area (Å²) >= 11 is 0. The fraction of sp³-hybridized carbons (Fsp3) is 0.727. The monoisotopic (exact) mass is 472 g/mol. The molecule has 5 N–H and O–H groups in total. The van der Waals surface area contributed by atoms with Crippen molar-refractivity contribution in [2.24, 2.45) is 0 Å². The zero-order valence-electron chi connectivity index (χ0n) is 18.5. The van der Waals surface area contributed by atoms with Crippen molar-refractivity contribution in [2.75, 3.05) is 13.2 Å². The fourth-order valence-electron chi connectivity index (χ4n) is 4.38. The Balaban J connectivity index is 1.43. The lowest BCUT2D eigenvalue weighted by Crippen LogP contribution is -2.64. The van der Waals surface area contributed by atoms with Crippen LogP contribution in [0.1, 0.15) is 19.4 Å². The molecule has 3 heterocycles. The lowest BCUT2D eigenvalue weighted by atomic mass is 9.97. The highest BCUT2D eigenvalue weighted by Gasteiger charge is 2.56. The van der Waals surface area contributed by atoms with E-state index in [1.807, 2.05) is 30.3 Å². The highest BCUT2D eigenvalue weighted by molar-refractivity contribution is 5.13. The third-order valence-corrected chi connectivity index (χ3v) is 6.00. The van der Waals surface area contributed by atoms with E-state index < -0.39 is 80.4 Å². The van der Waals surface area contributed by atoms with Gasteiger partial charge in [-0.15, -0.1) is 0 Å². The van der Waals surface area contributed by atoms with Crippen LogP contribution in [0.4, 0.5) is 0 Å². The zero-order chi connectivity index (χ0) is 23.8. The molecule has 0 saturated carbocycles. The highest BCUT2D eigenvalue weighted by Crippen LogP contribution is 2.38. The molecule has 4 rings (SSSR count). The minimum atomic E-state index is -1.52. The van der Waals surface area contributed by atoms with Crippen LogP contribution in [-0.2, 0) is 35.0 Å². The largest absolute Gasteiger partial charge is 0.394 e. The van der Waals surface area contributed by atoms with Crippen LogP contribution in [0, 0.1) is 0 Å². The summed E-state index contributed by atoms with van der Waals surface area (Å²) in [5, 5.41) is 51.6. The van der Waals surface area contributed by atoms with Crippen LogP contribution in [0.25, 0.3) is 0 Å². The van der Waals surface area contributed by atoms with E-state index in [0.717, 1.165) is 5.56 Å². The van der Waals surface area contributed by atoms with Gasteiger partial charge in [0.1, 0.15) is 48.8 Å². The molecule has 0 spiro atoms. The molecule has 11 nitrogen and oxygen atoms in total. The minimum absolute atomic E-state index is 0.123. The Hall–Kier alpha value is -1.22. The maximum atomic E-state index is 10.8. The molecule has 3 aliphatic rings. The molecule has 1 aromatic carbocycles. The number of hydrogen-bond acceptors (Lipinski definition) is 11. The summed E-state index contributed by atoms with van der Waals surface area (Å²) in [6.07, 6.45) is -11.6. The molecule has 186 valence electrons. The molecule has 1 aromatic rings. The predicted octanol–water partition coefficient (Wildman–Crippen LogP) is -1.37. The van der Waals surface area contributed by atoms with Gasteiger partial charge in [0.15, 0.2) is 18.4 Å². The minimum Gasteiger partial charge on any atom is -0.394 e. The summed E-state index contributed by atoms with van der Waals surface area (Å²) in [7, 11) is 0. The van der Waals surface area contributed by atoms with E-state index in [9.17, 15) is 25.5 Å². The van der Waals surface area contributed by atoms with Crippen LogP contribution in [0.2, 0.25) is 0 Å². The molecule has 3 aliphatic heterocycles. The summed E-state index contributed by atoms with van der Waals surface area (Å²) in [6.45, 7) is 2.50. The number of fused-ring (bicyclic) bond motifs is 1. The van der Waals surface area contributed by atoms with E-state index in [4.69, 9.17) is 28.4 Å². The average molecular weight is 472 g/mol. The number of ether oxygens (including phenoxy) is 6. The Bertz CT molecular complexity index is 760. The molecule has 0 radical (unpaired) electrons. The predicted molar refractivity (Wildman–Crippen MR) is 109 cm³/mol. The fourth-order valence-corrected chi connectivity index (χ4v) is 4.38. The number of aliphatic hydroxyl groups is 5. The van der Waals surface area contributed by atoms with Crippen molar-refractivity contribution in [3.8, 4) is 0 Å². The molecule has 0 bridgehead atoms. The van der Waals surface area contributed by atoms with Crippen molar-refractivity contribution in [2.45, 2.75) is 87.7 Å². The maximum Gasteiger partial charge on any atom is 0.187 e. The standard InChI is InChI=1S/C22H32O11/c1-22(2)32-18-13(9-24)30-21(16(27)19(18)33-22)31-17-12(8-23)29-20(15(26)14(17)25)28-10-11-6-4-3-5-7-11/h3-7,12-21,23-27H,8-10H2,1-2H3/t12?,13-,14+,15?,16?,17+,18-,19?,20+,21-/m0/s1. The molecule has 3 fully saturated rings. The van der Waals surface area contributed by atoms with Crippen LogP contribution in [0.3, 0.4) is 0 Å². The lowest BCUT2D eigenvalue weighted by Gasteiger charge is -2.45. The summed E-state index contributed by atoms with van der Waals surface area (Å²) in [5.41, 5.74) is 0.840. The van der Waals surface area contributed by atoms with Crippen molar-refractivity contribution in [3.05, 3.63) is 35.9 Å². The maximum absolute atomic E-state index is 10.8. The molecule has 10 atom stereocenters. The van der Waals surface area contributed by atoms with Crippen molar-refractivity contribution < 1.29 is 54.0 Å². The summed E-state index contributed by atoms with van der Waals surface area (Å²) in [6, 6.07) is 9.21. The second-order valence-corrected chi connectivity index (χ2v) is 8.88. The van der Waals surface area contributed by atoms with Gasteiger partial charge in [-0.25, -0.2) is 0 Å². The van der Waals surface area contributed by atoms with Crippen molar-refractivity contribution in [3.63, 3.8) is 0 Å². The van der Waals surface area contributed by atoms with Crippen LogP contribution in [0.5, 0.6) is 0 Å². The van der Waals surface area contributed by atoms with E-state index in [1.165, 1.54) is 0 Å². The third kappa shape index (κ3) is 5.24. The zero-order valence-corrected chi connectivity index (χ0v) is 18.5. The van der Waals surface area contributed by atoms with E-state index in [0.29, 0.717) is 0 Å². The Morgan fingerprint density at radius 2 is 1.45 bits per heavy atom. The first-order chi connectivity index (χ1) is 15.7. The highest BCUT2D eigenvalue weighted by atomic mass is 16.8. The SMILES string of the molecule is CC1(C)OC2C(O)[C@H](O[C@@H]3C(CO)O[C@@H](OCc4ccccc4)C(O)[C@H]3O)O[C@@H](CO)[C@@H]2O1. The number of hydrogen-bond donors (Lipinski definition) is 5. The van der Waals surface area contributed by atoms with E-state index in [-0.39, 0.29) is 6.61 Å². The molecular formula is C22H32O11. The van der Waals surface area contributed by atoms with Crippen LogP contribution < -0.4 is 0 Å². The first kappa shape index (κ1) is 24.9. The van der Waals surface area contributed by atoms with Crippen LogP contribution in [0.15, 0.2) is 30.3 Å². The Morgan fingerprint density at radius 3 is 2.12 bits per heavy atom. The Labute approximate surface area is 191 Å². The molecule has 0 amide bonds. The summed E-state index contributed by atoms with van der Waals surface area (Å²) < 4.78 is 34.2. The van der Waals surface area contributed by atoms with Crippen LogP contribution >= 0.6 is 0 Å². The van der Waals surface area contributed by atoms with Crippen LogP contribution in [-0.4, -0.2) is 106 Å². The topological polar surface area (TPSA) is 157 Å². The van der Waals surface area contributed by atoms with Crippen molar-refractivity contribution in [1.82, 2.24) is 0 Å². The first-order valence-corrected chi connectivity index (χ1v) is 11.0. The van der Waals surface area contributed by atoms with E-state index in [1.54, 1.807) is 13.8 Å². The van der Waals surface area contributed by atoms with Gasteiger partial charge in [0, 0.05) is 0 Å². The normalized spacial score (nSPS) is 42.8. The van der Waals surface area contributed by atoms with Gasteiger partial charge >= 0.3 is 0 Å². The molecule has 11 heteroatoms. The quantitative estimate of drug-likeness (QED) is 0.319. The second kappa shape index (κ2) is 10.2. The Morgan fingerprint density at radius 1 is 0.818 bits per heavy atom.